The quantitative estimate of drug-likeness (QED) is 0.869. The highest BCUT2D eigenvalue weighted by Crippen LogP contribution is 2.36. The van der Waals surface area contributed by atoms with Crippen LogP contribution in [0.2, 0.25) is 0 Å². The van der Waals surface area contributed by atoms with E-state index in [9.17, 15) is 13.2 Å². The molecule has 0 aliphatic carbocycles. The van der Waals surface area contributed by atoms with Gasteiger partial charge in [-0.2, -0.15) is 0 Å². The van der Waals surface area contributed by atoms with Gasteiger partial charge in [0.05, 0.1) is 17.1 Å². The molecule has 8 heteroatoms. The van der Waals surface area contributed by atoms with Gasteiger partial charge in [-0.15, -0.1) is 11.8 Å². The summed E-state index contributed by atoms with van der Waals surface area (Å²) in [5.74, 6) is 1.16. The van der Waals surface area contributed by atoms with E-state index in [1.165, 1.54) is 6.07 Å². The SMILES string of the molecule is Cc1ccc(CNS(=O)(=O)c2ccc3c(c2)NC(=O)C[C@H](C)S3)o1. The molecule has 0 saturated carbocycles. The topological polar surface area (TPSA) is 88.4 Å². The van der Waals surface area contributed by atoms with E-state index in [1.807, 2.05) is 6.92 Å². The Bertz CT molecular complexity index is 874. The second-order valence-corrected chi connectivity index (χ2v) is 8.92. The van der Waals surface area contributed by atoms with Crippen LogP contribution in [0.25, 0.3) is 0 Å². The first-order valence-electron chi connectivity index (χ1n) is 7.49. The molecule has 2 N–H and O–H groups in total. The van der Waals surface area contributed by atoms with Crippen LogP contribution in [0.15, 0.2) is 44.5 Å². The Balaban J connectivity index is 1.82. The number of carbonyl (C=O) groups excluding carboxylic acids is 1. The molecule has 1 aliphatic rings. The van der Waals surface area contributed by atoms with Gasteiger partial charge in [0.25, 0.3) is 0 Å². The molecule has 2 aromatic rings. The Morgan fingerprint density at radius 1 is 1.33 bits per heavy atom. The first kappa shape index (κ1) is 17.1. The molecular formula is C16H18N2O4S2. The molecule has 0 fully saturated rings. The Labute approximate surface area is 145 Å². The Hall–Kier alpha value is -1.77. The molecule has 3 rings (SSSR count). The fourth-order valence-electron chi connectivity index (χ4n) is 2.43. The first-order chi connectivity index (χ1) is 11.3. The number of amides is 1. The lowest BCUT2D eigenvalue weighted by molar-refractivity contribution is -0.116. The van der Waals surface area contributed by atoms with Crippen molar-refractivity contribution in [1.82, 2.24) is 4.72 Å². The lowest BCUT2D eigenvalue weighted by atomic mass is 10.3. The third kappa shape index (κ3) is 3.82. The first-order valence-corrected chi connectivity index (χ1v) is 9.85. The number of fused-ring (bicyclic) bond motifs is 1. The number of aryl methyl sites for hydroxylation is 1. The number of benzene rings is 1. The molecule has 0 unspecified atom stereocenters. The van der Waals surface area contributed by atoms with Crippen molar-refractivity contribution in [3.05, 3.63) is 41.9 Å². The fourth-order valence-corrected chi connectivity index (χ4v) is 4.50. The zero-order valence-corrected chi connectivity index (χ0v) is 15.0. The average molecular weight is 366 g/mol. The molecule has 24 heavy (non-hydrogen) atoms. The fraction of sp³-hybridized carbons (Fsp3) is 0.312. The predicted molar refractivity (Wildman–Crippen MR) is 92.5 cm³/mol. The predicted octanol–water partition coefficient (Wildman–Crippen LogP) is 2.89. The van der Waals surface area contributed by atoms with E-state index in [1.54, 1.807) is 43.0 Å². The van der Waals surface area contributed by atoms with Gasteiger partial charge in [0.1, 0.15) is 11.5 Å². The van der Waals surface area contributed by atoms with Gasteiger partial charge < -0.3 is 9.73 Å². The maximum Gasteiger partial charge on any atom is 0.241 e. The molecule has 1 amide bonds. The van der Waals surface area contributed by atoms with Gasteiger partial charge in [-0.05, 0) is 37.3 Å². The zero-order valence-electron chi connectivity index (χ0n) is 13.3. The van der Waals surface area contributed by atoms with Gasteiger partial charge in [-0.1, -0.05) is 6.92 Å². The minimum absolute atomic E-state index is 0.0748. The molecule has 6 nitrogen and oxygen atoms in total. The van der Waals surface area contributed by atoms with Crippen molar-refractivity contribution < 1.29 is 17.6 Å². The van der Waals surface area contributed by atoms with Crippen molar-refractivity contribution in [1.29, 1.82) is 0 Å². The Morgan fingerprint density at radius 2 is 2.12 bits per heavy atom. The number of sulfonamides is 1. The van der Waals surface area contributed by atoms with Crippen LogP contribution >= 0.6 is 11.8 Å². The Morgan fingerprint density at radius 3 is 2.83 bits per heavy atom. The lowest BCUT2D eigenvalue weighted by Gasteiger charge is -2.11. The Kier molecular flexibility index (Phi) is 4.71. The van der Waals surface area contributed by atoms with E-state index in [0.717, 1.165) is 10.7 Å². The van der Waals surface area contributed by atoms with Crippen LogP contribution in [-0.4, -0.2) is 19.6 Å². The number of hydrogen-bond acceptors (Lipinski definition) is 5. The van der Waals surface area contributed by atoms with E-state index in [-0.39, 0.29) is 22.6 Å². The highest BCUT2D eigenvalue weighted by atomic mass is 32.2. The van der Waals surface area contributed by atoms with Gasteiger partial charge in [0.2, 0.25) is 15.9 Å². The summed E-state index contributed by atoms with van der Waals surface area (Å²) in [4.78, 5) is 12.8. The monoisotopic (exact) mass is 366 g/mol. The second kappa shape index (κ2) is 6.62. The number of nitrogens with one attached hydrogen (secondary N) is 2. The average Bonchev–Trinajstić information content (AvgIpc) is 2.85. The number of thioether (sulfide) groups is 1. The van der Waals surface area contributed by atoms with Gasteiger partial charge in [0, 0.05) is 16.6 Å². The van der Waals surface area contributed by atoms with E-state index < -0.39 is 10.0 Å². The van der Waals surface area contributed by atoms with Crippen molar-refractivity contribution >= 4 is 33.4 Å². The summed E-state index contributed by atoms with van der Waals surface area (Å²) in [5.41, 5.74) is 0.533. The minimum Gasteiger partial charge on any atom is -0.465 e. The minimum atomic E-state index is -3.70. The summed E-state index contributed by atoms with van der Waals surface area (Å²) >= 11 is 1.56. The van der Waals surface area contributed by atoms with E-state index >= 15 is 0 Å². The van der Waals surface area contributed by atoms with Crippen LogP contribution in [0.4, 0.5) is 5.69 Å². The largest absolute Gasteiger partial charge is 0.465 e. The number of carbonyl (C=O) groups is 1. The van der Waals surface area contributed by atoms with Gasteiger partial charge in [0.15, 0.2) is 0 Å². The smallest absolute Gasteiger partial charge is 0.241 e. The summed E-state index contributed by atoms with van der Waals surface area (Å²) in [7, 11) is -3.70. The maximum absolute atomic E-state index is 12.5. The number of anilines is 1. The molecule has 1 atom stereocenters. The van der Waals surface area contributed by atoms with Crippen molar-refractivity contribution in [3.8, 4) is 0 Å². The second-order valence-electron chi connectivity index (χ2n) is 5.68. The molecule has 0 bridgehead atoms. The molecule has 1 aliphatic heterocycles. The summed E-state index contributed by atoms with van der Waals surface area (Å²) in [6.45, 7) is 3.84. The van der Waals surface area contributed by atoms with Crippen molar-refractivity contribution in [2.24, 2.45) is 0 Å². The number of rotatable bonds is 4. The van der Waals surface area contributed by atoms with Crippen molar-refractivity contribution in [2.75, 3.05) is 5.32 Å². The van der Waals surface area contributed by atoms with Crippen LogP contribution in [0.5, 0.6) is 0 Å². The number of hydrogen-bond donors (Lipinski definition) is 2. The molecular weight excluding hydrogens is 348 g/mol. The van der Waals surface area contributed by atoms with Crippen LogP contribution in [-0.2, 0) is 21.4 Å². The standard InChI is InChI=1S/C16H18N2O4S2/c1-10-3-4-12(22-10)9-17-24(20,21)13-5-6-15-14(8-13)18-16(19)7-11(2)23-15/h3-6,8,11,17H,7,9H2,1-2H3,(H,18,19)/t11-/m0/s1. The third-order valence-electron chi connectivity index (χ3n) is 3.57. The summed E-state index contributed by atoms with van der Waals surface area (Å²) in [6, 6.07) is 8.28. The van der Waals surface area contributed by atoms with Crippen LogP contribution in [0.3, 0.4) is 0 Å². The van der Waals surface area contributed by atoms with E-state index in [2.05, 4.69) is 10.0 Å². The van der Waals surface area contributed by atoms with Gasteiger partial charge in [-0.3, -0.25) is 4.79 Å². The molecule has 2 heterocycles. The van der Waals surface area contributed by atoms with E-state index in [4.69, 9.17) is 4.42 Å². The maximum atomic E-state index is 12.5. The van der Waals surface area contributed by atoms with Crippen molar-refractivity contribution in [2.45, 2.75) is 41.9 Å². The van der Waals surface area contributed by atoms with Crippen LogP contribution in [0.1, 0.15) is 24.9 Å². The summed E-state index contributed by atoms with van der Waals surface area (Å²) < 4.78 is 32.8. The normalized spacial score (nSPS) is 17.9. The van der Waals surface area contributed by atoms with Crippen LogP contribution < -0.4 is 10.0 Å². The molecule has 1 aromatic carbocycles. The molecule has 0 saturated heterocycles. The van der Waals surface area contributed by atoms with Crippen LogP contribution in [0, 0.1) is 6.92 Å². The molecule has 128 valence electrons. The molecule has 0 radical (unpaired) electrons. The summed E-state index contributed by atoms with van der Waals surface area (Å²) in [6.07, 6.45) is 0.400. The summed E-state index contributed by atoms with van der Waals surface area (Å²) in [5, 5.41) is 2.92. The third-order valence-corrected chi connectivity index (χ3v) is 6.15. The highest BCUT2D eigenvalue weighted by molar-refractivity contribution is 8.00. The molecule has 1 aromatic heterocycles. The van der Waals surface area contributed by atoms with Crippen molar-refractivity contribution in [3.63, 3.8) is 0 Å². The lowest BCUT2D eigenvalue weighted by Crippen LogP contribution is -2.23. The van der Waals surface area contributed by atoms with Gasteiger partial charge in [-0.25, -0.2) is 13.1 Å². The van der Waals surface area contributed by atoms with E-state index in [0.29, 0.717) is 17.9 Å². The zero-order chi connectivity index (χ0) is 17.3. The van der Waals surface area contributed by atoms with Gasteiger partial charge >= 0.3 is 0 Å². The number of furan rings is 1. The highest BCUT2D eigenvalue weighted by Gasteiger charge is 2.22. The molecule has 0 spiro atoms.